The number of rotatable bonds is 4. The van der Waals surface area contributed by atoms with Gasteiger partial charge in [-0.3, -0.25) is 0 Å². The summed E-state index contributed by atoms with van der Waals surface area (Å²) in [5.41, 5.74) is 5.66. The lowest BCUT2D eigenvalue weighted by atomic mass is 9.79. The average Bonchev–Trinajstić information content (AvgIpc) is 2.27. The van der Waals surface area contributed by atoms with Crippen LogP contribution in [0.4, 0.5) is 0 Å². The van der Waals surface area contributed by atoms with Crippen molar-refractivity contribution in [3.8, 4) is 0 Å². The van der Waals surface area contributed by atoms with Gasteiger partial charge in [0.1, 0.15) is 0 Å². The van der Waals surface area contributed by atoms with E-state index in [0.717, 1.165) is 12.3 Å². The van der Waals surface area contributed by atoms with Crippen molar-refractivity contribution in [2.75, 3.05) is 0 Å². The van der Waals surface area contributed by atoms with E-state index in [9.17, 15) is 0 Å². The number of amidine groups is 1. The molecule has 0 amide bonds. The Morgan fingerprint density at radius 2 is 2.19 bits per heavy atom. The van der Waals surface area contributed by atoms with Gasteiger partial charge in [0.2, 0.25) is 0 Å². The Labute approximate surface area is 98.3 Å². The lowest BCUT2D eigenvalue weighted by molar-refractivity contribution is 0.220. The van der Waals surface area contributed by atoms with Crippen molar-refractivity contribution in [1.82, 2.24) is 5.32 Å². The zero-order valence-corrected chi connectivity index (χ0v) is 10.6. The number of nitrogens with one attached hydrogen (secondary N) is 1. The maximum Gasteiger partial charge on any atom is 0.156 e. The molecule has 1 aliphatic carbocycles. The number of nitrogens with two attached hydrogens (primary N) is 1. The SMILES string of the molecule is CCC(NC1CCC(C)CC1C)C(N)=NO. The predicted molar refractivity (Wildman–Crippen MR) is 66.6 cm³/mol. The molecule has 4 heteroatoms. The number of nitrogens with zero attached hydrogens (tertiary/aromatic N) is 1. The van der Waals surface area contributed by atoms with Gasteiger partial charge in [0, 0.05) is 6.04 Å². The van der Waals surface area contributed by atoms with E-state index in [4.69, 9.17) is 10.9 Å². The molecule has 1 aliphatic rings. The van der Waals surface area contributed by atoms with E-state index < -0.39 is 0 Å². The smallest absolute Gasteiger partial charge is 0.156 e. The van der Waals surface area contributed by atoms with Crippen molar-refractivity contribution in [1.29, 1.82) is 0 Å². The van der Waals surface area contributed by atoms with Crippen LogP contribution in [0.5, 0.6) is 0 Å². The second kappa shape index (κ2) is 6.09. The normalized spacial score (nSPS) is 33.7. The summed E-state index contributed by atoms with van der Waals surface area (Å²) in [6, 6.07) is 0.507. The monoisotopic (exact) mass is 227 g/mol. The van der Waals surface area contributed by atoms with Gasteiger partial charge in [-0.2, -0.15) is 0 Å². The molecule has 1 fully saturated rings. The molecule has 0 saturated heterocycles. The molecule has 0 spiro atoms. The van der Waals surface area contributed by atoms with Crippen LogP contribution in [0.3, 0.4) is 0 Å². The summed E-state index contributed by atoms with van der Waals surface area (Å²) < 4.78 is 0. The Balaban J connectivity index is 2.52. The van der Waals surface area contributed by atoms with Crippen LogP contribution in [0.1, 0.15) is 46.5 Å². The topological polar surface area (TPSA) is 70.6 Å². The molecule has 0 radical (unpaired) electrons. The van der Waals surface area contributed by atoms with E-state index in [1.807, 2.05) is 6.92 Å². The van der Waals surface area contributed by atoms with Crippen LogP contribution in [0, 0.1) is 11.8 Å². The quantitative estimate of drug-likeness (QED) is 0.297. The largest absolute Gasteiger partial charge is 0.409 e. The minimum absolute atomic E-state index is 0.00542. The van der Waals surface area contributed by atoms with Gasteiger partial charge in [-0.25, -0.2) is 0 Å². The molecule has 0 aromatic rings. The van der Waals surface area contributed by atoms with Crippen molar-refractivity contribution in [2.45, 2.75) is 58.5 Å². The zero-order chi connectivity index (χ0) is 12.1. The van der Waals surface area contributed by atoms with E-state index in [0.29, 0.717) is 17.8 Å². The Morgan fingerprint density at radius 1 is 1.50 bits per heavy atom. The lowest BCUT2D eigenvalue weighted by Crippen LogP contribution is -2.49. The first-order chi connectivity index (χ1) is 7.58. The fourth-order valence-electron chi connectivity index (χ4n) is 2.65. The summed E-state index contributed by atoms with van der Waals surface area (Å²) in [6.45, 7) is 6.64. The van der Waals surface area contributed by atoms with E-state index >= 15 is 0 Å². The summed E-state index contributed by atoms with van der Waals surface area (Å²) >= 11 is 0. The molecule has 0 aromatic heterocycles. The maximum absolute atomic E-state index is 8.70. The van der Waals surface area contributed by atoms with Gasteiger partial charge < -0.3 is 16.3 Å². The van der Waals surface area contributed by atoms with E-state index in [2.05, 4.69) is 24.3 Å². The Bertz CT molecular complexity index is 242. The van der Waals surface area contributed by atoms with Crippen molar-refractivity contribution < 1.29 is 5.21 Å². The first kappa shape index (κ1) is 13.3. The van der Waals surface area contributed by atoms with Gasteiger partial charge in [-0.15, -0.1) is 0 Å². The third-order valence-corrected chi connectivity index (χ3v) is 3.73. The first-order valence-corrected chi connectivity index (χ1v) is 6.31. The second-order valence-corrected chi connectivity index (χ2v) is 5.15. The summed E-state index contributed by atoms with van der Waals surface area (Å²) in [7, 11) is 0. The van der Waals surface area contributed by atoms with Crippen LogP contribution in [-0.2, 0) is 0 Å². The molecule has 4 N–H and O–H groups in total. The van der Waals surface area contributed by atoms with Crippen LogP contribution in [0.15, 0.2) is 5.16 Å². The van der Waals surface area contributed by atoms with E-state index in [-0.39, 0.29) is 6.04 Å². The van der Waals surface area contributed by atoms with Gasteiger partial charge in [-0.1, -0.05) is 25.9 Å². The Morgan fingerprint density at radius 3 is 2.69 bits per heavy atom. The Hall–Kier alpha value is -0.770. The molecular weight excluding hydrogens is 202 g/mol. The summed E-state index contributed by atoms with van der Waals surface area (Å²) in [4.78, 5) is 0. The summed E-state index contributed by atoms with van der Waals surface area (Å²) in [5.74, 6) is 1.80. The van der Waals surface area contributed by atoms with E-state index in [1.54, 1.807) is 0 Å². The number of hydrogen-bond acceptors (Lipinski definition) is 3. The molecule has 4 atom stereocenters. The van der Waals surface area contributed by atoms with Gasteiger partial charge in [-0.05, 0) is 37.5 Å². The number of oxime groups is 1. The molecule has 1 saturated carbocycles. The van der Waals surface area contributed by atoms with Gasteiger partial charge >= 0.3 is 0 Å². The van der Waals surface area contributed by atoms with E-state index in [1.165, 1.54) is 19.3 Å². The number of hydrogen-bond donors (Lipinski definition) is 3. The molecule has 94 valence electrons. The molecule has 0 aliphatic heterocycles. The molecule has 4 unspecified atom stereocenters. The van der Waals surface area contributed by atoms with Crippen LogP contribution >= 0.6 is 0 Å². The fraction of sp³-hybridized carbons (Fsp3) is 0.917. The van der Waals surface area contributed by atoms with Crippen molar-refractivity contribution in [3.05, 3.63) is 0 Å². The second-order valence-electron chi connectivity index (χ2n) is 5.15. The van der Waals surface area contributed by atoms with Crippen molar-refractivity contribution in [3.63, 3.8) is 0 Å². The standard InChI is InChI=1S/C12H25N3O/c1-4-10(12(13)15-16)14-11-6-5-8(2)7-9(11)3/h8-11,14,16H,4-7H2,1-3H3,(H2,13,15). The lowest BCUT2D eigenvalue weighted by Gasteiger charge is -2.35. The van der Waals surface area contributed by atoms with Crippen LogP contribution < -0.4 is 11.1 Å². The molecule has 16 heavy (non-hydrogen) atoms. The van der Waals surface area contributed by atoms with Crippen LogP contribution in [-0.4, -0.2) is 23.1 Å². The van der Waals surface area contributed by atoms with Crippen LogP contribution in [0.25, 0.3) is 0 Å². The highest BCUT2D eigenvalue weighted by molar-refractivity contribution is 5.85. The highest BCUT2D eigenvalue weighted by Gasteiger charge is 2.27. The van der Waals surface area contributed by atoms with Crippen molar-refractivity contribution in [2.24, 2.45) is 22.7 Å². The average molecular weight is 227 g/mol. The van der Waals surface area contributed by atoms with Crippen LogP contribution in [0.2, 0.25) is 0 Å². The third-order valence-electron chi connectivity index (χ3n) is 3.73. The highest BCUT2D eigenvalue weighted by Crippen LogP contribution is 2.28. The first-order valence-electron chi connectivity index (χ1n) is 6.31. The molecular formula is C12H25N3O. The van der Waals surface area contributed by atoms with Gasteiger partial charge in [0.25, 0.3) is 0 Å². The summed E-state index contributed by atoms with van der Waals surface area (Å²) in [6.07, 6.45) is 4.59. The highest BCUT2D eigenvalue weighted by atomic mass is 16.4. The molecule has 0 bridgehead atoms. The Kier molecular flexibility index (Phi) is 5.06. The third kappa shape index (κ3) is 3.37. The minimum Gasteiger partial charge on any atom is -0.409 e. The minimum atomic E-state index is 0.00542. The molecule has 4 nitrogen and oxygen atoms in total. The van der Waals surface area contributed by atoms with Gasteiger partial charge in [0.05, 0.1) is 6.04 Å². The predicted octanol–water partition coefficient (Wildman–Crippen LogP) is 1.93. The maximum atomic E-state index is 8.70. The molecule has 1 rings (SSSR count). The summed E-state index contributed by atoms with van der Waals surface area (Å²) in [5, 5.41) is 15.3. The van der Waals surface area contributed by atoms with Crippen molar-refractivity contribution >= 4 is 5.84 Å². The van der Waals surface area contributed by atoms with Gasteiger partial charge in [0.15, 0.2) is 5.84 Å². The zero-order valence-electron chi connectivity index (χ0n) is 10.6. The molecule has 0 heterocycles. The molecule has 0 aromatic carbocycles. The fourth-order valence-corrected chi connectivity index (χ4v) is 2.65.